The number of amides is 1. The summed E-state index contributed by atoms with van der Waals surface area (Å²) in [5.74, 6) is 0.790. The Balaban J connectivity index is 1.58. The van der Waals surface area contributed by atoms with Gasteiger partial charge in [0.2, 0.25) is 0 Å². The molecule has 5 heteroatoms. The van der Waals surface area contributed by atoms with E-state index in [1.54, 1.807) is 4.90 Å². The third-order valence-corrected chi connectivity index (χ3v) is 5.81. The highest BCUT2D eigenvalue weighted by Gasteiger charge is 2.33. The summed E-state index contributed by atoms with van der Waals surface area (Å²) in [6, 6.07) is 19.9. The predicted octanol–water partition coefficient (Wildman–Crippen LogP) is 4.59. The van der Waals surface area contributed by atoms with Crippen LogP contribution in [0.1, 0.15) is 34.9 Å². The number of hydrogen-bond donors (Lipinski definition) is 1. The lowest BCUT2D eigenvalue weighted by atomic mass is 9.97. The van der Waals surface area contributed by atoms with Crippen LogP contribution in [0.5, 0.6) is 5.75 Å². The molecule has 2 atom stereocenters. The van der Waals surface area contributed by atoms with Gasteiger partial charge in [0.25, 0.3) is 5.91 Å². The summed E-state index contributed by atoms with van der Waals surface area (Å²) < 4.78 is 12.0. The van der Waals surface area contributed by atoms with Crippen molar-refractivity contribution in [2.45, 2.75) is 25.1 Å². The molecule has 3 aromatic rings. The smallest absolute Gasteiger partial charge is 0.257 e. The van der Waals surface area contributed by atoms with E-state index < -0.39 is 0 Å². The van der Waals surface area contributed by atoms with Gasteiger partial charge in [-0.1, -0.05) is 42.5 Å². The van der Waals surface area contributed by atoms with E-state index in [0.717, 1.165) is 47.2 Å². The number of benzene rings is 3. The van der Waals surface area contributed by atoms with E-state index in [9.17, 15) is 4.79 Å². The summed E-state index contributed by atoms with van der Waals surface area (Å²) in [7, 11) is 1.83. The van der Waals surface area contributed by atoms with Gasteiger partial charge in [-0.25, -0.2) is 0 Å². The summed E-state index contributed by atoms with van der Waals surface area (Å²) in [6.07, 6.45) is 1.92. The van der Waals surface area contributed by atoms with Crippen molar-refractivity contribution >= 4 is 22.4 Å². The second-order valence-corrected chi connectivity index (χ2v) is 7.65. The molecule has 5 nitrogen and oxygen atoms in total. The summed E-state index contributed by atoms with van der Waals surface area (Å²) in [6.45, 7) is 1.32. The van der Waals surface area contributed by atoms with Crippen LogP contribution >= 0.6 is 0 Å². The molecule has 2 unspecified atom stereocenters. The first-order valence-corrected chi connectivity index (χ1v) is 10.1. The maximum Gasteiger partial charge on any atom is 0.257 e. The van der Waals surface area contributed by atoms with Gasteiger partial charge in [0.15, 0.2) is 0 Å². The molecule has 29 heavy (non-hydrogen) atoms. The van der Waals surface area contributed by atoms with E-state index in [4.69, 9.17) is 9.47 Å². The Morgan fingerprint density at radius 1 is 1.10 bits per heavy atom. The zero-order chi connectivity index (χ0) is 19.8. The first-order valence-electron chi connectivity index (χ1n) is 10.1. The van der Waals surface area contributed by atoms with Crippen LogP contribution in [-0.4, -0.2) is 37.2 Å². The van der Waals surface area contributed by atoms with Crippen LogP contribution in [0, 0.1) is 0 Å². The number of ether oxygens (including phenoxy) is 2. The molecule has 148 valence electrons. The Hall–Kier alpha value is -3.05. The monoisotopic (exact) mass is 388 g/mol. The minimum Gasteiger partial charge on any atom is -0.490 e. The van der Waals surface area contributed by atoms with Gasteiger partial charge in [-0.3, -0.25) is 4.79 Å². The first-order chi connectivity index (χ1) is 14.2. The van der Waals surface area contributed by atoms with E-state index in [0.29, 0.717) is 12.2 Å². The van der Waals surface area contributed by atoms with Crippen molar-refractivity contribution in [1.82, 2.24) is 4.90 Å². The van der Waals surface area contributed by atoms with Gasteiger partial charge in [0.1, 0.15) is 18.5 Å². The van der Waals surface area contributed by atoms with Crippen molar-refractivity contribution in [2.75, 3.05) is 25.6 Å². The maximum atomic E-state index is 13.0. The summed E-state index contributed by atoms with van der Waals surface area (Å²) >= 11 is 0. The van der Waals surface area contributed by atoms with Crippen LogP contribution in [0.25, 0.3) is 10.8 Å². The molecule has 1 fully saturated rings. The molecule has 2 aliphatic rings. The Morgan fingerprint density at radius 2 is 1.93 bits per heavy atom. The zero-order valence-electron chi connectivity index (χ0n) is 16.4. The summed E-state index contributed by atoms with van der Waals surface area (Å²) in [4.78, 5) is 14.8. The molecule has 0 aliphatic carbocycles. The minimum absolute atomic E-state index is 0.00219. The number of anilines is 1. The lowest BCUT2D eigenvalue weighted by molar-refractivity contribution is 0.0657. The summed E-state index contributed by atoms with van der Waals surface area (Å²) in [5.41, 5.74) is 2.51. The van der Waals surface area contributed by atoms with Crippen molar-refractivity contribution in [3.05, 3.63) is 71.8 Å². The number of rotatable bonds is 4. The third-order valence-electron chi connectivity index (χ3n) is 5.81. The molecule has 3 aromatic carbocycles. The number of fused-ring (bicyclic) bond motifs is 2. The van der Waals surface area contributed by atoms with Crippen molar-refractivity contribution in [3.8, 4) is 5.75 Å². The molecule has 0 bridgehead atoms. The van der Waals surface area contributed by atoms with Gasteiger partial charge >= 0.3 is 0 Å². The van der Waals surface area contributed by atoms with Gasteiger partial charge in [0, 0.05) is 24.9 Å². The minimum atomic E-state index is -0.317. The Labute approximate surface area is 170 Å². The van der Waals surface area contributed by atoms with Gasteiger partial charge in [0.05, 0.1) is 11.7 Å². The molecule has 2 aliphatic heterocycles. The fourth-order valence-corrected chi connectivity index (χ4v) is 4.25. The Morgan fingerprint density at radius 3 is 2.79 bits per heavy atom. The SMILES string of the molecule is CN1C(=O)c2ccccc2NC1c1c(OCC2CCCO2)ccc2ccccc12. The van der Waals surface area contributed by atoms with Crippen molar-refractivity contribution in [3.63, 3.8) is 0 Å². The van der Waals surface area contributed by atoms with Gasteiger partial charge in [-0.2, -0.15) is 0 Å². The fourth-order valence-electron chi connectivity index (χ4n) is 4.25. The number of nitrogens with zero attached hydrogens (tertiary/aromatic N) is 1. The van der Waals surface area contributed by atoms with Crippen LogP contribution in [0.2, 0.25) is 0 Å². The van der Waals surface area contributed by atoms with Crippen LogP contribution < -0.4 is 10.1 Å². The molecule has 0 saturated carbocycles. The van der Waals surface area contributed by atoms with Crippen LogP contribution in [0.3, 0.4) is 0 Å². The van der Waals surface area contributed by atoms with Gasteiger partial charge in [-0.05, 0) is 41.8 Å². The van der Waals surface area contributed by atoms with Crippen molar-refractivity contribution < 1.29 is 14.3 Å². The van der Waals surface area contributed by atoms with Crippen LogP contribution in [0.15, 0.2) is 60.7 Å². The molecular weight excluding hydrogens is 364 g/mol. The topological polar surface area (TPSA) is 50.8 Å². The molecular formula is C24H24N2O3. The number of para-hydroxylation sites is 1. The van der Waals surface area contributed by atoms with E-state index in [1.807, 2.05) is 49.5 Å². The standard InChI is InChI=1S/C24H24N2O3/c1-26-23(25-20-11-5-4-10-19(20)24(26)27)22-18-9-3-2-7-16(18)12-13-21(22)29-15-17-8-6-14-28-17/h2-5,7,9-13,17,23,25H,6,8,14-15H2,1H3. The molecule has 1 N–H and O–H groups in total. The fraction of sp³-hybridized carbons (Fsp3) is 0.292. The highest BCUT2D eigenvalue weighted by molar-refractivity contribution is 6.02. The second-order valence-electron chi connectivity index (χ2n) is 7.65. The van der Waals surface area contributed by atoms with Crippen LogP contribution in [-0.2, 0) is 4.74 Å². The molecule has 5 rings (SSSR count). The van der Waals surface area contributed by atoms with E-state index >= 15 is 0 Å². The number of hydrogen-bond acceptors (Lipinski definition) is 4. The lowest BCUT2D eigenvalue weighted by Gasteiger charge is -2.37. The van der Waals surface area contributed by atoms with E-state index in [1.165, 1.54) is 0 Å². The molecule has 1 amide bonds. The molecule has 0 radical (unpaired) electrons. The normalized spacial score (nSPS) is 21.1. The van der Waals surface area contributed by atoms with Crippen molar-refractivity contribution in [2.24, 2.45) is 0 Å². The quantitative estimate of drug-likeness (QED) is 0.710. The van der Waals surface area contributed by atoms with Gasteiger partial charge in [-0.15, -0.1) is 0 Å². The predicted molar refractivity (Wildman–Crippen MR) is 113 cm³/mol. The number of carbonyl (C=O) groups is 1. The zero-order valence-corrected chi connectivity index (χ0v) is 16.4. The molecule has 0 spiro atoms. The van der Waals surface area contributed by atoms with Gasteiger partial charge < -0.3 is 19.7 Å². The van der Waals surface area contributed by atoms with E-state index in [-0.39, 0.29) is 18.2 Å². The third kappa shape index (κ3) is 3.21. The van der Waals surface area contributed by atoms with E-state index in [2.05, 4.69) is 23.5 Å². The van der Waals surface area contributed by atoms with Crippen molar-refractivity contribution in [1.29, 1.82) is 0 Å². The Bertz CT molecular complexity index is 1060. The lowest BCUT2D eigenvalue weighted by Crippen LogP contribution is -2.40. The highest BCUT2D eigenvalue weighted by atomic mass is 16.5. The maximum absolute atomic E-state index is 13.0. The molecule has 2 heterocycles. The average molecular weight is 388 g/mol. The molecule has 1 saturated heterocycles. The Kier molecular flexibility index (Phi) is 4.60. The average Bonchev–Trinajstić information content (AvgIpc) is 3.28. The van der Waals surface area contributed by atoms with Crippen LogP contribution in [0.4, 0.5) is 5.69 Å². The second kappa shape index (κ2) is 7.41. The summed E-state index contributed by atoms with van der Waals surface area (Å²) in [5, 5.41) is 5.74. The number of nitrogens with one attached hydrogen (secondary N) is 1. The largest absolute Gasteiger partial charge is 0.490 e. The first kappa shape index (κ1) is 18.0. The highest BCUT2D eigenvalue weighted by Crippen LogP contribution is 2.40. The molecule has 0 aromatic heterocycles. The number of carbonyl (C=O) groups excluding carboxylic acids is 1.